The molecule has 18 heavy (non-hydrogen) atoms. The van der Waals surface area contributed by atoms with Gasteiger partial charge < -0.3 is 14.2 Å². The predicted molar refractivity (Wildman–Crippen MR) is 61.5 cm³/mol. The van der Waals surface area contributed by atoms with Crippen LogP contribution >= 0.6 is 22.6 Å². The van der Waals surface area contributed by atoms with E-state index in [1.165, 1.54) is 29.7 Å². The lowest BCUT2D eigenvalue weighted by Gasteiger charge is -2.15. The van der Waals surface area contributed by atoms with E-state index in [9.17, 15) is 18.0 Å². The molecule has 0 bridgehead atoms. The monoisotopic (exact) mass is 377 g/mol. The Morgan fingerprint density at radius 3 is 2.44 bits per heavy atom. The number of rotatable bonds is 3. The van der Waals surface area contributed by atoms with Crippen molar-refractivity contribution in [1.82, 2.24) is 4.98 Å². The molecular formula is C9H7F3INO4. The van der Waals surface area contributed by atoms with E-state index in [4.69, 9.17) is 4.74 Å². The molecule has 9 heteroatoms. The summed E-state index contributed by atoms with van der Waals surface area (Å²) < 4.78 is 49.6. The van der Waals surface area contributed by atoms with Crippen LogP contribution in [0.15, 0.2) is 6.20 Å². The van der Waals surface area contributed by atoms with Gasteiger partial charge in [-0.15, -0.1) is 13.2 Å². The van der Waals surface area contributed by atoms with Crippen molar-refractivity contribution >= 4 is 28.6 Å². The minimum absolute atomic E-state index is 0.133. The molecule has 0 N–H and O–H groups in total. The average Bonchev–Trinajstić information content (AvgIpc) is 2.29. The van der Waals surface area contributed by atoms with Crippen LogP contribution in [0.4, 0.5) is 13.2 Å². The number of methoxy groups -OCH3 is 2. The summed E-state index contributed by atoms with van der Waals surface area (Å²) in [6.45, 7) is 0. The molecule has 0 spiro atoms. The highest BCUT2D eigenvalue weighted by Crippen LogP contribution is 2.35. The maximum Gasteiger partial charge on any atom is 0.573 e. The van der Waals surface area contributed by atoms with Crippen LogP contribution in [0.2, 0.25) is 0 Å². The largest absolute Gasteiger partial charge is 0.573 e. The van der Waals surface area contributed by atoms with E-state index in [1.54, 1.807) is 0 Å². The Morgan fingerprint density at radius 1 is 1.39 bits per heavy atom. The van der Waals surface area contributed by atoms with Crippen molar-refractivity contribution in [3.8, 4) is 11.5 Å². The maximum atomic E-state index is 12.3. The second-order valence-electron chi connectivity index (χ2n) is 2.86. The van der Waals surface area contributed by atoms with Gasteiger partial charge >= 0.3 is 12.3 Å². The molecular weight excluding hydrogens is 370 g/mol. The predicted octanol–water partition coefficient (Wildman–Crippen LogP) is 2.38. The zero-order valence-electron chi connectivity index (χ0n) is 9.17. The first-order chi connectivity index (χ1) is 8.30. The Labute approximate surface area is 113 Å². The number of ether oxygens (including phenoxy) is 3. The number of pyridine rings is 1. The highest BCUT2D eigenvalue weighted by Gasteiger charge is 2.36. The Kier molecular flexibility index (Phi) is 4.59. The Bertz CT molecular complexity index is 464. The standard InChI is InChI=1S/C9H7F3INO4/c1-16-4-3-14-7(13)6(18-9(10,11)12)5(4)8(15)17-2/h3H,1-2H3. The lowest BCUT2D eigenvalue weighted by molar-refractivity contribution is -0.275. The van der Waals surface area contributed by atoms with E-state index in [-0.39, 0.29) is 9.45 Å². The molecule has 0 amide bonds. The van der Waals surface area contributed by atoms with Gasteiger partial charge in [-0.25, -0.2) is 9.78 Å². The molecule has 1 heterocycles. The Hall–Kier alpha value is -1.26. The number of carbonyl (C=O) groups is 1. The fourth-order valence-corrected chi connectivity index (χ4v) is 1.63. The summed E-state index contributed by atoms with van der Waals surface area (Å²) in [6, 6.07) is 0. The quantitative estimate of drug-likeness (QED) is 0.460. The van der Waals surface area contributed by atoms with Crippen LogP contribution in [0.3, 0.4) is 0 Å². The van der Waals surface area contributed by atoms with Gasteiger partial charge in [0.15, 0.2) is 11.5 Å². The van der Waals surface area contributed by atoms with Gasteiger partial charge in [0.1, 0.15) is 9.26 Å². The third kappa shape index (κ3) is 3.37. The molecule has 0 aliphatic rings. The van der Waals surface area contributed by atoms with Gasteiger partial charge in [-0.1, -0.05) is 0 Å². The second-order valence-corrected chi connectivity index (χ2v) is 3.88. The number of nitrogens with zero attached hydrogens (tertiary/aromatic N) is 1. The Morgan fingerprint density at radius 2 is 2.00 bits per heavy atom. The van der Waals surface area contributed by atoms with Crippen LogP contribution in [-0.2, 0) is 4.74 Å². The van der Waals surface area contributed by atoms with Crippen LogP contribution in [0.25, 0.3) is 0 Å². The van der Waals surface area contributed by atoms with Crippen molar-refractivity contribution in [2.24, 2.45) is 0 Å². The van der Waals surface area contributed by atoms with E-state index in [1.807, 2.05) is 0 Å². The van der Waals surface area contributed by atoms with Crippen molar-refractivity contribution in [3.63, 3.8) is 0 Å². The minimum atomic E-state index is -4.95. The van der Waals surface area contributed by atoms with Gasteiger partial charge in [0, 0.05) is 0 Å². The number of alkyl halides is 3. The molecule has 0 unspecified atom stereocenters. The van der Waals surface area contributed by atoms with Crippen molar-refractivity contribution in [2.75, 3.05) is 14.2 Å². The SMILES string of the molecule is COC(=O)c1c(OC)cnc(I)c1OC(F)(F)F. The van der Waals surface area contributed by atoms with E-state index < -0.39 is 23.6 Å². The summed E-state index contributed by atoms with van der Waals surface area (Å²) in [4.78, 5) is 15.1. The number of halogens is 4. The zero-order chi connectivity index (χ0) is 13.9. The topological polar surface area (TPSA) is 57.7 Å². The molecule has 0 saturated carbocycles. The second kappa shape index (κ2) is 5.59. The first kappa shape index (κ1) is 14.8. The minimum Gasteiger partial charge on any atom is -0.494 e. The van der Waals surface area contributed by atoms with Gasteiger partial charge in [0.2, 0.25) is 0 Å². The van der Waals surface area contributed by atoms with Crippen LogP contribution < -0.4 is 9.47 Å². The number of hydrogen-bond donors (Lipinski definition) is 0. The molecule has 0 atom stereocenters. The van der Waals surface area contributed by atoms with E-state index in [2.05, 4.69) is 14.5 Å². The normalized spacial score (nSPS) is 11.0. The fraction of sp³-hybridized carbons (Fsp3) is 0.333. The highest BCUT2D eigenvalue weighted by atomic mass is 127. The summed E-state index contributed by atoms with van der Waals surface area (Å²) in [5.74, 6) is -1.91. The maximum absolute atomic E-state index is 12.3. The van der Waals surface area contributed by atoms with Gasteiger partial charge in [0.05, 0.1) is 20.4 Å². The summed E-state index contributed by atoms with van der Waals surface area (Å²) in [5, 5.41) is 0. The molecule has 5 nitrogen and oxygen atoms in total. The van der Waals surface area contributed by atoms with Crippen molar-refractivity contribution < 1.29 is 32.2 Å². The average molecular weight is 377 g/mol. The summed E-state index contributed by atoms with van der Waals surface area (Å²) in [6.07, 6.45) is -3.84. The molecule has 0 saturated heterocycles. The molecule has 0 aliphatic heterocycles. The third-order valence-corrected chi connectivity index (χ3v) is 2.55. The molecule has 0 aromatic carbocycles. The highest BCUT2D eigenvalue weighted by molar-refractivity contribution is 14.1. The Balaban J connectivity index is 3.41. The molecule has 0 radical (unpaired) electrons. The van der Waals surface area contributed by atoms with Crippen molar-refractivity contribution in [2.45, 2.75) is 6.36 Å². The molecule has 0 aliphatic carbocycles. The fourth-order valence-electron chi connectivity index (χ4n) is 1.11. The number of esters is 1. The molecule has 0 fully saturated rings. The third-order valence-electron chi connectivity index (χ3n) is 1.78. The molecule has 1 rings (SSSR count). The first-order valence-electron chi connectivity index (χ1n) is 4.36. The lowest BCUT2D eigenvalue weighted by Crippen LogP contribution is -2.21. The van der Waals surface area contributed by atoms with E-state index in [0.29, 0.717) is 0 Å². The summed E-state index contributed by atoms with van der Waals surface area (Å²) in [7, 11) is 2.22. The number of carbonyl (C=O) groups excluding carboxylic acids is 1. The van der Waals surface area contributed by atoms with Crippen molar-refractivity contribution in [1.29, 1.82) is 0 Å². The van der Waals surface area contributed by atoms with Gasteiger partial charge in [-0.05, 0) is 22.6 Å². The van der Waals surface area contributed by atoms with Crippen molar-refractivity contribution in [3.05, 3.63) is 15.5 Å². The van der Waals surface area contributed by atoms with E-state index >= 15 is 0 Å². The number of hydrogen-bond acceptors (Lipinski definition) is 5. The van der Waals surface area contributed by atoms with Gasteiger partial charge in [0.25, 0.3) is 0 Å². The molecule has 1 aromatic heterocycles. The lowest BCUT2D eigenvalue weighted by atomic mass is 10.2. The van der Waals surface area contributed by atoms with Crippen LogP contribution in [0.5, 0.6) is 11.5 Å². The first-order valence-corrected chi connectivity index (χ1v) is 5.44. The van der Waals surface area contributed by atoms with Crippen LogP contribution in [0, 0.1) is 3.70 Å². The molecule has 1 aromatic rings. The van der Waals surface area contributed by atoms with Gasteiger partial charge in [-0.3, -0.25) is 0 Å². The van der Waals surface area contributed by atoms with E-state index in [0.717, 1.165) is 13.3 Å². The van der Waals surface area contributed by atoms with Crippen LogP contribution in [-0.4, -0.2) is 31.5 Å². The zero-order valence-corrected chi connectivity index (χ0v) is 11.3. The molecule has 100 valence electrons. The summed E-state index contributed by atoms with van der Waals surface area (Å²) >= 11 is 1.51. The van der Waals surface area contributed by atoms with Gasteiger partial charge in [-0.2, -0.15) is 0 Å². The summed E-state index contributed by atoms with van der Waals surface area (Å²) in [5.41, 5.74) is -0.461. The number of aromatic nitrogens is 1. The van der Waals surface area contributed by atoms with Crippen LogP contribution in [0.1, 0.15) is 10.4 Å². The smallest absolute Gasteiger partial charge is 0.494 e.